The molecule has 0 aromatic heterocycles. The molecule has 26 heavy (non-hydrogen) atoms. The van der Waals surface area contributed by atoms with Crippen molar-refractivity contribution in [3.05, 3.63) is 24.3 Å². The summed E-state index contributed by atoms with van der Waals surface area (Å²) in [5, 5.41) is 18.8. The van der Waals surface area contributed by atoms with E-state index in [-0.39, 0.29) is 19.0 Å². The lowest BCUT2D eigenvalue weighted by atomic mass is 9.94. The van der Waals surface area contributed by atoms with Gasteiger partial charge in [-0.1, -0.05) is 6.07 Å². The lowest BCUT2D eigenvalue weighted by molar-refractivity contribution is -0.116. The molecule has 2 saturated heterocycles. The van der Waals surface area contributed by atoms with Gasteiger partial charge >= 0.3 is 12.1 Å². The number of anilines is 2. The Morgan fingerprint density at radius 1 is 1.38 bits per heavy atom. The second kappa shape index (κ2) is 7.30. The van der Waals surface area contributed by atoms with E-state index in [1.165, 1.54) is 4.90 Å². The van der Waals surface area contributed by atoms with Crippen LogP contribution in [-0.2, 0) is 4.79 Å². The standard InChI is InChI=1S/C17H23N5O4/c1-21-9-14(23)22(16(21)25)13-5-2-4-12(8-13)20-15(24)19-11-17(26)6-3-7-18-10-17/h2,4-5,8,18,26H,3,6-7,9-11H2,1H3,(H2,19,20,24). The summed E-state index contributed by atoms with van der Waals surface area (Å²) in [6.07, 6.45) is 1.48. The largest absolute Gasteiger partial charge is 0.387 e. The highest BCUT2D eigenvalue weighted by molar-refractivity contribution is 6.19. The van der Waals surface area contributed by atoms with Gasteiger partial charge in [-0.3, -0.25) is 4.79 Å². The van der Waals surface area contributed by atoms with Crippen molar-refractivity contribution in [1.29, 1.82) is 0 Å². The minimum absolute atomic E-state index is 0.0313. The smallest absolute Gasteiger partial charge is 0.331 e. The van der Waals surface area contributed by atoms with E-state index >= 15 is 0 Å². The van der Waals surface area contributed by atoms with Crippen molar-refractivity contribution < 1.29 is 19.5 Å². The molecule has 1 aromatic rings. The van der Waals surface area contributed by atoms with Crippen LogP contribution in [0.15, 0.2) is 24.3 Å². The number of imide groups is 1. The first kappa shape index (κ1) is 18.2. The molecule has 1 atom stereocenters. The van der Waals surface area contributed by atoms with Gasteiger partial charge < -0.3 is 26.0 Å². The molecule has 140 valence electrons. The number of urea groups is 2. The summed E-state index contributed by atoms with van der Waals surface area (Å²) >= 11 is 0. The van der Waals surface area contributed by atoms with E-state index in [1.54, 1.807) is 31.3 Å². The number of aliphatic hydroxyl groups is 1. The number of hydrogen-bond donors (Lipinski definition) is 4. The average Bonchev–Trinajstić information content (AvgIpc) is 2.86. The van der Waals surface area contributed by atoms with Gasteiger partial charge in [0.15, 0.2) is 0 Å². The van der Waals surface area contributed by atoms with Gasteiger partial charge in [0.1, 0.15) is 6.54 Å². The number of likely N-dealkylation sites (N-methyl/N-ethyl adjacent to an activating group) is 1. The Hall–Kier alpha value is -2.65. The molecule has 0 spiro atoms. The van der Waals surface area contributed by atoms with Gasteiger partial charge in [-0.2, -0.15) is 0 Å². The fraction of sp³-hybridized carbons (Fsp3) is 0.471. The van der Waals surface area contributed by atoms with Crippen LogP contribution in [0, 0.1) is 0 Å². The molecule has 2 aliphatic heterocycles. The molecule has 2 aliphatic rings. The van der Waals surface area contributed by atoms with Crippen molar-refractivity contribution in [2.45, 2.75) is 18.4 Å². The van der Waals surface area contributed by atoms with Gasteiger partial charge in [0.05, 0.1) is 11.3 Å². The second-order valence-corrected chi connectivity index (χ2v) is 6.73. The first-order valence-electron chi connectivity index (χ1n) is 8.54. The third kappa shape index (κ3) is 3.94. The molecule has 0 saturated carbocycles. The van der Waals surface area contributed by atoms with Crippen molar-refractivity contribution in [1.82, 2.24) is 15.5 Å². The van der Waals surface area contributed by atoms with Gasteiger partial charge in [0.2, 0.25) is 0 Å². The number of carbonyl (C=O) groups is 3. The molecular weight excluding hydrogens is 338 g/mol. The number of hydrogen-bond acceptors (Lipinski definition) is 5. The maximum atomic E-state index is 12.1. The lowest BCUT2D eigenvalue weighted by Crippen LogP contribution is -2.53. The highest BCUT2D eigenvalue weighted by atomic mass is 16.3. The number of nitrogens with one attached hydrogen (secondary N) is 3. The van der Waals surface area contributed by atoms with Crippen molar-refractivity contribution in [3.8, 4) is 0 Å². The molecule has 1 aromatic carbocycles. The number of amides is 5. The van der Waals surface area contributed by atoms with Crippen LogP contribution in [0.25, 0.3) is 0 Å². The molecular formula is C17H23N5O4. The summed E-state index contributed by atoms with van der Waals surface area (Å²) in [5.74, 6) is -0.314. The second-order valence-electron chi connectivity index (χ2n) is 6.73. The van der Waals surface area contributed by atoms with E-state index in [4.69, 9.17) is 0 Å². The van der Waals surface area contributed by atoms with Crippen LogP contribution >= 0.6 is 0 Å². The van der Waals surface area contributed by atoms with E-state index < -0.39 is 17.7 Å². The average molecular weight is 361 g/mol. The summed E-state index contributed by atoms with van der Waals surface area (Å²) < 4.78 is 0. The van der Waals surface area contributed by atoms with Gasteiger partial charge in [0.25, 0.3) is 5.91 Å². The van der Waals surface area contributed by atoms with Crippen LogP contribution in [0.2, 0.25) is 0 Å². The lowest BCUT2D eigenvalue weighted by Gasteiger charge is -2.32. The summed E-state index contributed by atoms with van der Waals surface area (Å²) in [6, 6.07) is 5.65. The van der Waals surface area contributed by atoms with E-state index in [0.29, 0.717) is 24.3 Å². The number of rotatable bonds is 4. The molecule has 0 bridgehead atoms. The highest BCUT2D eigenvalue weighted by Gasteiger charge is 2.35. The van der Waals surface area contributed by atoms with Crippen LogP contribution in [0.5, 0.6) is 0 Å². The Morgan fingerprint density at radius 3 is 2.85 bits per heavy atom. The van der Waals surface area contributed by atoms with Crippen LogP contribution in [0.3, 0.4) is 0 Å². The fourth-order valence-electron chi connectivity index (χ4n) is 3.12. The molecule has 3 rings (SSSR count). The Bertz CT molecular complexity index is 717. The van der Waals surface area contributed by atoms with Crippen molar-refractivity contribution in [2.24, 2.45) is 0 Å². The summed E-state index contributed by atoms with van der Waals surface area (Å²) in [7, 11) is 1.56. The highest BCUT2D eigenvalue weighted by Crippen LogP contribution is 2.24. The first-order valence-corrected chi connectivity index (χ1v) is 8.54. The monoisotopic (exact) mass is 361 g/mol. The number of piperidine rings is 1. The van der Waals surface area contributed by atoms with Crippen LogP contribution in [0.1, 0.15) is 12.8 Å². The van der Waals surface area contributed by atoms with Crippen LogP contribution in [0.4, 0.5) is 21.0 Å². The number of benzene rings is 1. The number of β-amino-alcohol motifs (C(OH)–C–C–N with tert-alkyl or cyclic N) is 1. The fourth-order valence-corrected chi connectivity index (χ4v) is 3.12. The maximum absolute atomic E-state index is 12.1. The van der Waals surface area contributed by atoms with Gasteiger partial charge in [-0.15, -0.1) is 0 Å². The van der Waals surface area contributed by atoms with Gasteiger partial charge in [0, 0.05) is 25.8 Å². The summed E-state index contributed by atoms with van der Waals surface area (Å²) in [6.45, 7) is 1.48. The SMILES string of the molecule is CN1CC(=O)N(c2cccc(NC(=O)NCC3(O)CCCNC3)c2)C1=O. The van der Waals surface area contributed by atoms with Gasteiger partial charge in [-0.05, 0) is 37.6 Å². The zero-order valence-corrected chi connectivity index (χ0v) is 14.6. The van der Waals surface area contributed by atoms with Crippen LogP contribution < -0.4 is 20.9 Å². The topological polar surface area (TPSA) is 114 Å². The predicted octanol–water partition coefficient (Wildman–Crippen LogP) is 0.321. The molecule has 4 N–H and O–H groups in total. The maximum Gasteiger partial charge on any atom is 0.331 e. The number of carbonyl (C=O) groups excluding carboxylic acids is 3. The summed E-state index contributed by atoms with van der Waals surface area (Å²) in [5.41, 5.74) is -0.0997. The Labute approximate surface area is 151 Å². The predicted molar refractivity (Wildman–Crippen MR) is 96.0 cm³/mol. The quantitative estimate of drug-likeness (QED) is 0.577. The van der Waals surface area contributed by atoms with E-state index in [0.717, 1.165) is 17.9 Å². The van der Waals surface area contributed by atoms with Gasteiger partial charge in [-0.25, -0.2) is 14.5 Å². The zero-order chi connectivity index (χ0) is 18.7. The van der Waals surface area contributed by atoms with Crippen molar-refractivity contribution in [2.75, 3.05) is 43.4 Å². The molecule has 2 fully saturated rings. The molecule has 5 amide bonds. The van der Waals surface area contributed by atoms with E-state index in [1.807, 2.05) is 0 Å². The first-order chi connectivity index (χ1) is 12.4. The molecule has 0 aliphatic carbocycles. The Morgan fingerprint density at radius 2 is 2.19 bits per heavy atom. The van der Waals surface area contributed by atoms with Crippen LogP contribution in [-0.4, -0.2) is 66.8 Å². The zero-order valence-electron chi connectivity index (χ0n) is 14.6. The third-order valence-corrected chi connectivity index (χ3v) is 4.53. The van der Waals surface area contributed by atoms with E-state index in [2.05, 4.69) is 16.0 Å². The molecule has 1 unspecified atom stereocenters. The Kier molecular flexibility index (Phi) is 5.10. The normalized spacial score (nSPS) is 23.3. The third-order valence-electron chi connectivity index (χ3n) is 4.53. The Balaban J connectivity index is 1.61. The summed E-state index contributed by atoms with van der Waals surface area (Å²) in [4.78, 5) is 38.5. The van der Waals surface area contributed by atoms with Crippen molar-refractivity contribution in [3.63, 3.8) is 0 Å². The van der Waals surface area contributed by atoms with E-state index in [9.17, 15) is 19.5 Å². The van der Waals surface area contributed by atoms with Crippen molar-refractivity contribution >= 4 is 29.3 Å². The molecule has 0 radical (unpaired) electrons. The minimum Gasteiger partial charge on any atom is -0.387 e. The molecule has 2 heterocycles. The molecule has 9 heteroatoms. The minimum atomic E-state index is -0.948. The molecule has 9 nitrogen and oxygen atoms in total. The number of nitrogens with zero attached hydrogens (tertiary/aromatic N) is 2.